The first-order valence-corrected chi connectivity index (χ1v) is 8.03. The largest absolute Gasteiger partial charge is 0.481 e. The molecule has 0 aliphatic heterocycles. The number of aliphatic hydroxyl groups is 1. The molecule has 132 valence electrons. The molecule has 0 heterocycles. The standard InChI is InChI=1S/C12H21N3O7S/c1-23-3-2-7(12(21)22)14-11(20)8(5-16)15-10(19)6(13)4-9(17)18/h6-8,16H,2-5,13H2,1H3,(H,14,20)(H,15,19)(H,17,18)(H,21,22). The molecule has 0 spiro atoms. The number of amides is 2. The SMILES string of the molecule is CSCCC(NC(=O)C(CO)NC(=O)C(N)CC(=O)O)C(=O)O. The van der Waals surface area contributed by atoms with E-state index in [1.165, 1.54) is 11.8 Å². The van der Waals surface area contributed by atoms with Crippen molar-refractivity contribution in [1.82, 2.24) is 10.6 Å². The van der Waals surface area contributed by atoms with E-state index in [0.29, 0.717) is 5.75 Å². The van der Waals surface area contributed by atoms with Crippen LogP contribution in [0.2, 0.25) is 0 Å². The fraction of sp³-hybridized carbons (Fsp3) is 0.667. The van der Waals surface area contributed by atoms with Crippen LogP contribution in [0.1, 0.15) is 12.8 Å². The monoisotopic (exact) mass is 351 g/mol. The highest BCUT2D eigenvalue weighted by Gasteiger charge is 2.27. The van der Waals surface area contributed by atoms with Gasteiger partial charge in [0.15, 0.2) is 0 Å². The van der Waals surface area contributed by atoms with Crippen LogP contribution in [0.15, 0.2) is 0 Å². The maximum Gasteiger partial charge on any atom is 0.326 e. The molecule has 0 aliphatic rings. The first-order valence-electron chi connectivity index (χ1n) is 6.63. The van der Waals surface area contributed by atoms with Gasteiger partial charge in [-0.3, -0.25) is 14.4 Å². The highest BCUT2D eigenvalue weighted by molar-refractivity contribution is 7.98. The molecular formula is C12H21N3O7S. The van der Waals surface area contributed by atoms with E-state index >= 15 is 0 Å². The van der Waals surface area contributed by atoms with Crippen LogP contribution in [-0.2, 0) is 19.2 Å². The number of nitrogens with one attached hydrogen (secondary N) is 2. The van der Waals surface area contributed by atoms with E-state index < -0.39 is 54.9 Å². The van der Waals surface area contributed by atoms with Gasteiger partial charge >= 0.3 is 11.9 Å². The average Bonchev–Trinajstić information content (AvgIpc) is 2.47. The summed E-state index contributed by atoms with van der Waals surface area (Å²) in [5.41, 5.74) is 5.33. The molecule has 3 atom stereocenters. The van der Waals surface area contributed by atoms with Gasteiger partial charge in [0.25, 0.3) is 0 Å². The number of aliphatic hydroxyl groups excluding tert-OH is 1. The van der Waals surface area contributed by atoms with Crippen molar-refractivity contribution >= 4 is 35.5 Å². The van der Waals surface area contributed by atoms with Gasteiger partial charge in [-0.2, -0.15) is 11.8 Å². The van der Waals surface area contributed by atoms with Gasteiger partial charge in [-0.15, -0.1) is 0 Å². The first kappa shape index (κ1) is 21.1. The zero-order valence-corrected chi connectivity index (χ0v) is 13.3. The topological polar surface area (TPSA) is 179 Å². The minimum atomic E-state index is -1.42. The van der Waals surface area contributed by atoms with Crippen LogP contribution in [0.5, 0.6) is 0 Å². The lowest BCUT2D eigenvalue weighted by molar-refractivity contribution is -0.143. The lowest BCUT2D eigenvalue weighted by Gasteiger charge is -2.21. The maximum atomic E-state index is 11.9. The summed E-state index contributed by atoms with van der Waals surface area (Å²) < 4.78 is 0. The van der Waals surface area contributed by atoms with Crippen molar-refractivity contribution in [2.45, 2.75) is 31.0 Å². The van der Waals surface area contributed by atoms with Gasteiger partial charge in [0, 0.05) is 0 Å². The Kier molecular flexibility index (Phi) is 9.94. The number of hydrogen-bond acceptors (Lipinski definition) is 7. The Bertz CT molecular complexity index is 446. The number of carbonyl (C=O) groups is 4. The number of carboxylic acid groups (broad SMARTS) is 2. The number of nitrogens with two attached hydrogens (primary N) is 1. The molecule has 23 heavy (non-hydrogen) atoms. The molecule has 0 aromatic rings. The minimum absolute atomic E-state index is 0.173. The zero-order chi connectivity index (χ0) is 18.0. The van der Waals surface area contributed by atoms with Gasteiger partial charge in [-0.05, 0) is 18.4 Å². The van der Waals surface area contributed by atoms with E-state index in [-0.39, 0.29) is 6.42 Å². The third-order valence-electron chi connectivity index (χ3n) is 2.77. The number of carboxylic acids is 2. The van der Waals surface area contributed by atoms with Crippen LogP contribution in [0.3, 0.4) is 0 Å². The molecule has 7 N–H and O–H groups in total. The molecule has 0 aromatic heterocycles. The van der Waals surface area contributed by atoms with Crippen LogP contribution in [0, 0.1) is 0 Å². The van der Waals surface area contributed by atoms with Gasteiger partial charge in [-0.1, -0.05) is 0 Å². The van der Waals surface area contributed by atoms with E-state index in [0.717, 1.165) is 0 Å². The zero-order valence-electron chi connectivity index (χ0n) is 12.5. The predicted molar refractivity (Wildman–Crippen MR) is 81.8 cm³/mol. The van der Waals surface area contributed by atoms with E-state index in [1.807, 2.05) is 0 Å². The molecule has 0 radical (unpaired) electrons. The van der Waals surface area contributed by atoms with Crippen LogP contribution in [-0.4, -0.2) is 75.8 Å². The molecule has 0 saturated heterocycles. The van der Waals surface area contributed by atoms with E-state index in [9.17, 15) is 19.2 Å². The van der Waals surface area contributed by atoms with Crippen LogP contribution in [0.4, 0.5) is 0 Å². The van der Waals surface area contributed by atoms with Gasteiger partial charge in [0.05, 0.1) is 19.1 Å². The summed E-state index contributed by atoms with van der Waals surface area (Å²) in [4.78, 5) is 45.1. The Morgan fingerprint density at radius 3 is 2.09 bits per heavy atom. The Balaban J connectivity index is 4.69. The molecule has 11 heteroatoms. The number of rotatable bonds is 11. The van der Waals surface area contributed by atoms with Crippen molar-refractivity contribution < 1.29 is 34.5 Å². The molecule has 10 nitrogen and oxygen atoms in total. The Morgan fingerprint density at radius 2 is 1.65 bits per heavy atom. The van der Waals surface area contributed by atoms with Crippen LogP contribution >= 0.6 is 11.8 Å². The molecule has 0 saturated carbocycles. The second kappa shape index (κ2) is 10.8. The number of hydrogen-bond donors (Lipinski definition) is 6. The minimum Gasteiger partial charge on any atom is -0.481 e. The molecule has 0 aliphatic carbocycles. The van der Waals surface area contributed by atoms with Crippen molar-refractivity contribution in [3.8, 4) is 0 Å². The highest BCUT2D eigenvalue weighted by Crippen LogP contribution is 2.02. The summed E-state index contributed by atoms with van der Waals surface area (Å²) in [7, 11) is 0. The first-order chi connectivity index (χ1) is 10.7. The number of thioether (sulfide) groups is 1. The molecular weight excluding hydrogens is 330 g/mol. The quantitative estimate of drug-likeness (QED) is 0.236. The van der Waals surface area contributed by atoms with Crippen molar-refractivity contribution in [2.24, 2.45) is 5.73 Å². The van der Waals surface area contributed by atoms with E-state index in [4.69, 9.17) is 21.1 Å². The highest BCUT2D eigenvalue weighted by atomic mass is 32.2. The molecule has 0 fully saturated rings. The van der Waals surface area contributed by atoms with Crippen molar-refractivity contribution in [3.05, 3.63) is 0 Å². The van der Waals surface area contributed by atoms with Gasteiger partial charge in [-0.25, -0.2) is 4.79 Å². The fourth-order valence-electron chi connectivity index (χ4n) is 1.52. The number of aliphatic carboxylic acids is 2. The third-order valence-corrected chi connectivity index (χ3v) is 3.42. The molecule has 3 unspecified atom stereocenters. The third kappa shape index (κ3) is 8.38. The van der Waals surface area contributed by atoms with Gasteiger partial charge in [0.1, 0.15) is 12.1 Å². The molecule has 0 rings (SSSR count). The van der Waals surface area contributed by atoms with E-state index in [2.05, 4.69) is 10.6 Å². The second-order valence-corrected chi connectivity index (χ2v) is 5.61. The Hall–Kier alpha value is -1.85. The fourth-order valence-corrected chi connectivity index (χ4v) is 1.99. The molecule has 0 aromatic carbocycles. The summed E-state index contributed by atoms with van der Waals surface area (Å²) >= 11 is 1.40. The summed E-state index contributed by atoms with van der Waals surface area (Å²) in [5.74, 6) is -3.86. The van der Waals surface area contributed by atoms with Crippen molar-refractivity contribution in [2.75, 3.05) is 18.6 Å². The normalized spacial score (nSPS) is 14.4. The average molecular weight is 351 g/mol. The van der Waals surface area contributed by atoms with Crippen molar-refractivity contribution in [3.63, 3.8) is 0 Å². The van der Waals surface area contributed by atoms with Gasteiger partial charge in [0.2, 0.25) is 11.8 Å². The predicted octanol–water partition coefficient (Wildman–Crippen LogP) is -2.41. The van der Waals surface area contributed by atoms with Crippen LogP contribution in [0.25, 0.3) is 0 Å². The summed E-state index contributed by atoms with van der Waals surface area (Å²) in [6.07, 6.45) is 1.31. The molecule has 2 amide bonds. The lowest BCUT2D eigenvalue weighted by Crippen LogP contribution is -2.56. The summed E-state index contributed by atoms with van der Waals surface area (Å²) in [6.45, 7) is -0.785. The lowest BCUT2D eigenvalue weighted by atomic mass is 10.1. The Morgan fingerprint density at radius 1 is 1.09 bits per heavy atom. The molecule has 0 bridgehead atoms. The van der Waals surface area contributed by atoms with E-state index in [1.54, 1.807) is 6.26 Å². The maximum absolute atomic E-state index is 11.9. The second-order valence-electron chi connectivity index (χ2n) is 4.63. The Labute approximate surface area is 136 Å². The summed E-state index contributed by atoms with van der Waals surface area (Å²) in [6, 6.07) is -3.96. The van der Waals surface area contributed by atoms with Crippen LogP contribution < -0.4 is 16.4 Å². The van der Waals surface area contributed by atoms with Gasteiger partial charge < -0.3 is 31.7 Å². The smallest absolute Gasteiger partial charge is 0.326 e. The number of carbonyl (C=O) groups excluding carboxylic acids is 2. The summed E-state index contributed by atoms with van der Waals surface area (Å²) in [5, 5.41) is 31.0. The van der Waals surface area contributed by atoms with Crippen molar-refractivity contribution in [1.29, 1.82) is 0 Å².